The Labute approximate surface area is 176 Å². The highest BCUT2D eigenvalue weighted by molar-refractivity contribution is 6.30. The average Bonchev–Trinajstić information content (AvgIpc) is 3.01. The number of benzene rings is 2. The van der Waals surface area contributed by atoms with Crippen LogP contribution in [0.1, 0.15) is 34.1 Å². The molecular formula is C22H16ClF2N3O2. The van der Waals surface area contributed by atoms with Crippen LogP contribution in [0.4, 0.5) is 14.5 Å². The van der Waals surface area contributed by atoms with E-state index in [2.05, 4.69) is 10.3 Å². The smallest absolute Gasteiger partial charge is 0.260 e. The minimum atomic E-state index is -0.632. The molecule has 0 aliphatic carbocycles. The standard InChI is InChI=1S/C22H16ClF2N3O2/c23-14-3-6-16(7-4-14)28-19(21-17(22(28)30)2-1-9-26-21)11-20(29)27-12-13-10-15(24)5-8-18(13)25/h1-10,19H,11-12H2,(H,27,29)/t19-/m0/s1. The van der Waals surface area contributed by atoms with Crippen molar-refractivity contribution < 1.29 is 18.4 Å². The Kier molecular flexibility index (Phi) is 5.46. The maximum atomic E-state index is 13.8. The Morgan fingerprint density at radius 1 is 1.13 bits per heavy atom. The number of carbonyl (C=O) groups is 2. The first-order chi connectivity index (χ1) is 14.4. The van der Waals surface area contributed by atoms with Crippen molar-refractivity contribution in [3.63, 3.8) is 0 Å². The lowest BCUT2D eigenvalue weighted by Gasteiger charge is -2.24. The fourth-order valence-corrected chi connectivity index (χ4v) is 3.59. The zero-order valence-electron chi connectivity index (χ0n) is 15.6. The average molecular weight is 428 g/mol. The van der Waals surface area contributed by atoms with Crippen LogP contribution >= 0.6 is 11.6 Å². The van der Waals surface area contributed by atoms with Gasteiger partial charge in [0.2, 0.25) is 5.91 Å². The minimum absolute atomic E-state index is 0.0407. The molecular weight excluding hydrogens is 412 g/mol. The SMILES string of the molecule is O=C(C[C@H]1c2ncccc2C(=O)N1c1ccc(Cl)cc1)NCc1cc(F)ccc1F. The molecule has 5 nitrogen and oxygen atoms in total. The van der Waals surface area contributed by atoms with Gasteiger partial charge in [0.1, 0.15) is 11.6 Å². The maximum absolute atomic E-state index is 13.8. The van der Waals surface area contributed by atoms with Gasteiger partial charge in [0.25, 0.3) is 5.91 Å². The number of rotatable bonds is 5. The second kappa shape index (κ2) is 8.20. The molecule has 152 valence electrons. The quantitative estimate of drug-likeness (QED) is 0.655. The zero-order valence-corrected chi connectivity index (χ0v) is 16.4. The molecule has 8 heteroatoms. The molecule has 1 aliphatic heterocycles. The zero-order chi connectivity index (χ0) is 21.3. The molecule has 0 bridgehead atoms. The fraction of sp³-hybridized carbons (Fsp3) is 0.136. The van der Waals surface area contributed by atoms with E-state index in [4.69, 9.17) is 11.6 Å². The first-order valence-corrected chi connectivity index (χ1v) is 9.56. The lowest BCUT2D eigenvalue weighted by molar-refractivity contribution is -0.121. The van der Waals surface area contributed by atoms with Gasteiger partial charge in [-0.3, -0.25) is 19.5 Å². The number of halogens is 3. The first kappa shape index (κ1) is 20.0. The predicted molar refractivity (Wildman–Crippen MR) is 108 cm³/mol. The molecule has 0 saturated heterocycles. The molecule has 0 saturated carbocycles. The molecule has 0 radical (unpaired) electrons. The van der Waals surface area contributed by atoms with Crippen molar-refractivity contribution in [2.24, 2.45) is 0 Å². The van der Waals surface area contributed by atoms with Gasteiger partial charge in [0, 0.05) is 29.0 Å². The van der Waals surface area contributed by atoms with Crippen LogP contribution in [-0.2, 0) is 11.3 Å². The van der Waals surface area contributed by atoms with Crippen LogP contribution < -0.4 is 10.2 Å². The summed E-state index contributed by atoms with van der Waals surface area (Å²) in [6.45, 7) is -0.168. The second-order valence-electron chi connectivity index (χ2n) is 6.82. The molecule has 1 N–H and O–H groups in total. The Hall–Kier alpha value is -3.32. The number of hydrogen-bond acceptors (Lipinski definition) is 3. The fourth-order valence-electron chi connectivity index (χ4n) is 3.46. The minimum Gasteiger partial charge on any atom is -0.352 e. The van der Waals surface area contributed by atoms with E-state index < -0.39 is 23.6 Å². The lowest BCUT2D eigenvalue weighted by Crippen LogP contribution is -2.33. The number of pyridine rings is 1. The van der Waals surface area contributed by atoms with Gasteiger partial charge in [0.15, 0.2) is 0 Å². The van der Waals surface area contributed by atoms with Gasteiger partial charge in [-0.1, -0.05) is 11.6 Å². The third kappa shape index (κ3) is 3.89. The van der Waals surface area contributed by atoms with E-state index in [9.17, 15) is 18.4 Å². The van der Waals surface area contributed by atoms with Gasteiger partial charge in [-0.2, -0.15) is 0 Å². The largest absolute Gasteiger partial charge is 0.352 e. The topological polar surface area (TPSA) is 62.3 Å². The number of carbonyl (C=O) groups excluding carboxylic acids is 2. The van der Waals surface area contributed by atoms with E-state index in [1.54, 1.807) is 42.6 Å². The van der Waals surface area contributed by atoms with E-state index >= 15 is 0 Å². The summed E-state index contributed by atoms with van der Waals surface area (Å²) in [6, 6.07) is 12.4. The molecule has 30 heavy (non-hydrogen) atoms. The van der Waals surface area contributed by atoms with Gasteiger partial charge < -0.3 is 5.32 Å². The summed E-state index contributed by atoms with van der Waals surface area (Å²) >= 11 is 5.95. The molecule has 2 heterocycles. The van der Waals surface area contributed by atoms with Crippen molar-refractivity contribution in [2.45, 2.75) is 19.0 Å². The molecule has 0 unspecified atom stereocenters. The number of nitrogens with zero attached hydrogens (tertiary/aromatic N) is 2. The van der Waals surface area contributed by atoms with Crippen LogP contribution in [0.2, 0.25) is 5.02 Å². The number of hydrogen-bond donors (Lipinski definition) is 1. The molecule has 1 aromatic heterocycles. The number of aromatic nitrogens is 1. The van der Waals surface area contributed by atoms with Gasteiger partial charge in [-0.15, -0.1) is 0 Å². The summed E-state index contributed by atoms with van der Waals surface area (Å²) in [7, 11) is 0. The summed E-state index contributed by atoms with van der Waals surface area (Å²) in [6.07, 6.45) is 1.47. The number of nitrogens with one attached hydrogen (secondary N) is 1. The van der Waals surface area contributed by atoms with E-state index in [-0.39, 0.29) is 24.4 Å². The lowest BCUT2D eigenvalue weighted by atomic mass is 10.1. The summed E-state index contributed by atoms with van der Waals surface area (Å²) in [5.41, 5.74) is 1.53. The highest BCUT2D eigenvalue weighted by Gasteiger charge is 2.39. The highest BCUT2D eigenvalue weighted by atomic mass is 35.5. The Morgan fingerprint density at radius 2 is 1.90 bits per heavy atom. The number of amides is 2. The Balaban J connectivity index is 1.56. The molecule has 0 spiro atoms. The maximum Gasteiger partial charge on any atom is 0.260 e. The van der Waals surface area contributed by atoms with Crippen LogP contribution in [0.15, 0.2) is 60.8 Å². The van der Waals surface area contributed by atoms with Crippen molar-refractivity contribution in [3.05, 3.63) is 94.3 Å². The molecule has 3 aromatic rings. The van der Waals surface area contributed by atoms with Gasteiger partial charge in [-0.05, 0) is 54.6 Å². The van der Waals surface area contributed by atoms with Crippen LogP contribution in [0.5, 0.6) is 0 Å². The third-order valence-corrected chi connectivity index (χ3v) is 5.13. The molecule has 1 aliphatic rings. The van der Waals surface area contributed by atoms with E-state index in [1.807, 2.05) is 0 Å². The van der Waals surface area contributed by atoms with Crippen molar-refractivity contribution in [3.8, 4) is 0 Å². The van der Waals surface area contributed by atoms with Gasteiger partial charge >= 0.3 is 0 Å². The van der Waals surface area contributed by atoms with Crippen LogP contribution in [-0.4, -0.2) is 16.8 Å². The molecule has 2 aromatic carbocycles. The second-order valence-corrected chi connectivity index (χ2v) is 7.26. The monoisotopic (exact) mass is 427 g/mol. The molecule has 1 atom stereocenters. The number of fused-ring (bicyclic) bond motifs is 1. The summed E-state index contributed by atoms with van der Waals surface area (Å²) in [5, 5.41) is 3.11. The van der Waals surface area contributed by atoms with E-state index in [0.717, 1.165) is 18.2 Å². The first-order valence-electron chi connectivity index (χ1n) is 9.18. The normalized spacial score (nSPS) is 15.2. The van der Waals surface area contributed by atoms with Gasteiger partial charge in [0.05, 0.1) is 23.7 Å². The van der Waals surface area contributed by atoms with Crippen molar-refractivity contribution in [2.75, 3.05) is 4.90 Å². The van der Waals surface area contributed by atoms with Crippen molar-refractivity contribution in [1.82, 2.24) is 10.3 Å². The van der Waals surface area contributed by atoms with E-state index in [0.29, 0.717) is 22.0 Å². The summed E-state index contributed by atoms with van der Waals surface area (Å²) < 4.78 is 27.1. The third-order valence-electron chi connectivity index (χ3n) is 4.88. The van der Waals surface area contributed by atoms with Crippen LogP contribution in [0, 0.1) is 11.6 Å². The summed E-state index contributed by atoms with van der Waals surface area (Å²) in [4.78, 5) is 31.4. The predicted octanol–water partition coefficient (Wildman–Crippen LogP) is 4.42. The van der Waals surface area contributed by atoms with E-state index in [1.165, 1.54) is 4.90 Å². The Morgan fingerprint density at radius 3 is 2.67 bits per heavy atom. The highest BCUT2D eigenvalue weighted by Crippen LogP contribution is 2.38. The van der Waals surface area contributed by atoms with Gasteiger partial charge in [-0.25, -0.2) is 8.78 Å². The molecule has 0 fully saturated rings. The molecule has 4 rings (SSSR count). The molecule has 2 amide bonds. The van der Waals surface area contributed by atoms with Crippen molar-refractivity contribution in [1.29, 1.82) is 0 Å². The van der Waals surface area contributed by atoms with Crippen LogP contribution in [0.25, 0.3) is 0 Å². The number of anilines is 1. The van der Waals surface area contributed by atoms with Crippen LogP contribution in [0.3, 0.4) is 0 Å². The Bertz CT molecular complexity index is 1120. The van der Waals surface area contributed by atoms with Crippen molar-refractivity contribution >= 4 is 29.1 Å². The summed E-state index contributed by atoms with van der Waals surface area (Å²) in [5.74, 6) is -1.89.